The standard InChI is InChI=1S/C14H21NO2/c1-10-6-7-11(15)8-14(10)17-13-5-3-4-12(9-13)16-2/h6-8,12-13H,3-5,9,15H2,1-2H3. The summed E-state index contributed by atoms with van der Waals surface area (Å²) in [6.07, 6.45) is 5.00. The molecule has 0 radical (unpaired) electrons. The lowest BCUT2D eigenvalue weighted by molar-refractivity contribution is 0.0208. The molecule has 0 heterocycles. The summed E-state index contributed by atoms with van der Waals surface area (Å²) in [5.74, 6) is 0.909. The third-order valence-electron chi connectivity index (χ3n) is 3.42. The Morgan fingerprint density at radius 2 is 2.00 bits per heavy atom. The van der Waals surface area contributed by atoms with Crippen molar-refractivity contribution >= 4 is 5.69 Å². The van der Waals surface area contributed by atoms with Crippen molar-refractivity contribution in [2.45, 2.75) is 44.8 Å². The smallest absolute Gasteiger partial charge is 0.124 e. The molecule has 17 heavy (non-hydrogen) atoms. The molecule has 1 aromatic rings. The summed E-state index contributed by atoms with van der Waals surface area (Å²) < 4.78 is 11.4. The van der Waals surface area contributed by atoms with Crippen LogP contribution in [0.4, 0.5) is 5.69 Å². The molecule has 2 unspecified atom stereocenters. The molecule has 0 amide bonds. The van der Waals surface area contributed by atoms with E-state index < -0.39 is 0 Å². The van der Waals surface area contributed by atoms with Gasteiger partial charge in [-0.3, -0.25) is 0 Å². The number of nitrogens with two attached hydrogens (primary N) is 1. The van der Waals surface area contributed by atoms with E-state index in [1.54, 1.807) is 7.11 Å². The highest BCUT2D eigenvalue weighted by Gasteiger charge is 2.23. The molecule has 0 aromatic heterocycles. The minimum atomic E-state index is 0.259. The van der Waals surface area contributed by atoms with Crippen molar-refractivity contribution in [3.05, 3.63) is 23.8 Å². The first kappa shape index (κ1) is 12.2. The number of anilines is 1. The molecule has 1 aromatic carbocycles. The van der Waals surface area contributed by atoms with Gasteiger partial charge in [0.15, 0.2) is 0 Å². The number of hydrogen-bond donors (Lipinski definition) is 1. The largest absolute Gasteiger partial charge is 0.490 e. The number of methoxy groups -OCH3 is 1. The van der Waals surface area contributed by atoms with Gasteiger partial charge in [0.25, 0.3) is 0 Å². The first-order valence-corrected chi connectivity index (χ1v) is 6.24. The topological polar surface area (TPSA) is 44.5 Å². The van der Waals surface area contributed by atoms with Crippen LogP contribution in [-0.2, 0) is 4.74 Å². The maximum absolute atomic E-state index is 6.04. The summed E-state index contributed by atoms with van der Waals surface area (Å²) in [4.78, 5) is 0. The van der Waals surface area contributed by atoms with Crippen molar-refractivity contribution in [3.63, 3.8) is 0 Å². The van der Waals surface area contributed by atoms with E-state index in [2.05, 4.69) is 0 Å². The van der Waals surface area contributed by atoms with Crippen molar-refractivity contribution < 1.29 is 9.47 Å². The van der Waals surface area contributed by atoms with Crippen molar-refractivity contribution in [3.8, 4) is 5.75 Å². The van der Waals surface area contributed by atoms with Crippen LogP contribution in [0.1, 0.15) is 31.2 Å². The Morgan fingerprint density at radius 1 is 1.24 bits per heavy atom. The highest BCUT2D eigenvalue weighted by molar-refractivity contribution is 5.48. The van der Waals surface area contributed by atoms with E-state index in [-0.39, 0.29) is 6.10 Å². The van der Waals surface area contributed by atoms with Crippen LogP contribution in [0.15, 0.2) is 18.2 Å². The van der Waals surface area contributed by atoms with Crippen LogP contribution in [0.25, 0.3) is 0 Å². The second-order valence-electron chi connectivity index (χ2n) is 4.79. The zero-order valence-electron chi connectivity index (χ0n) is 10.6. The number of rotatable bonds is 3. The van der Waals surface area contributed by atoms with Crippen molar-refractivity contribution in [1.82, 2.24) is 0 Å². The molecule has 0 saturated heterocycles. The molecule has 0 spiro atoms. The van der Waals surface area contributed by atoms with Crippen LogP contribution in [0.2, 0.25) is 0 Å². The Hall–Kier alpha value is -1.22. The van der Waals surface area contributed by atoms with E-state index in [1.165, 1.54) is 6.42 Å². The third-order valence-corrected chi connectivity index (χ3v) is 3.42. The SMILES string of the molecule is COC1CCCC(Oc2cc(N)ccc2C)C1. The fourth-order valence-electron chi connectivity index (χ4n) is 2.35. The molecule has 3 nitrogen and oxygen atoms in total. The van der Waals surface area contributed by atoms with Gasteiger partial charge in [-0.15, -0.1) is 0 Å². The average Bonchev–Trinajstić information content (AvgIpc) is 2.34. The van der Waals surface area contributed by atoms with E-state index in [0.29, 0.717) is 6.10 Å². The molecule has 1 fully saturated rings. The molecule has 2 rings (SSSR count). The zero-order valence-corrected chi connectivity index (χ0v) is 10.6. The third kappa shape index (κ3) is 3.13. The summed E-state index contributed by atoms with van der Waals surface area (Å²) in [5.41, 5.74) is 7.67. The fraction of sp³-hybridized carbons (Fsp3) is 0.571. The Balaban J connectivity index is 2.02. The molecule has 1 aliphatic rings. The van der Waals surface area contributed by atoms with Gasteiger partial charge < -0.3 is 15.2 Å². The summed E-state index contributed by atoms with van der Waals surface area (Å²) in [6, 6.07) is 5.81. The summed E-state index contributed by atoms with van der Waals surface area (Å²) >= 11 is 0. The van der Waals surface area contributed by atoms with E-state index in [9.17, 15) is 0 Å². The second kappa shape index (κ2) is 5.41. The molecule has 94 valence electrons. The van der Waals surface area contributed by atoms with Crippen LogP contribution >= 0.6 is 0 Å². The van der Waals surface area contributed by atoms with Crippen LogP contribution in [0.3, 0.4) is 0 Å². The van der Waals surface area contributed by atoms with E-state index >= 15 is 0 Å². The molecule has 3 heteroatoms. The predicted molar refractivity (Wildman–Crippen MR) is 69.3 cm³/mol. The van der Waals surface area contributed by atoms with Crippen LogP contribution in [0.5, 0.6) is 5.75 Å². The minimum absolute atomic E-state index is 0.259. The Morgan fingerprint density at radius 3 is 2.76 bits per heavy atom. The summed E-state index contributed by atoms with van der Waals surface area (Å²) in [5, 5.41) is 0. The average molecular weight is 235 g/mol. The molecule has 1 aliphatic carbocycles. The van der Waals surface area contributed by atoms with Gasteiger partial charge >= 0.3 is 0 Å². The number of benzene rings is 1. The van der Waals surface area contributed by atoms with Gasteiger partial charge in [0.05, 0.1) is 6.10 Å². The lowest BCUT2D eigenvalue weighted by Crippen LogP contribution is -2.29. The van der Waals surface area contributed by atoms with Crippen molar-refractivity contribution in [2.75, 3.05) is 12.8 Å². The first-order chi connectivity index (χ1) is 8.19. The van der Waals surface area contributed by atoms with Crippen LogP contribution in [0, 0.1) is 6.92 Å². The fourth-order valence-corrected chi connectivity index (χ4v) is 2.35. The molecule has 1 saturated carbocycles. The molecule has 0 bridgehead atoms. The molecular weight excluding hydrogens is 214 g/mol. The highest BCUT2D eigenvalue weighted by atomic mass is 16.5. The summed E-state index contributed by atoms with van der Waals surface area (Å²) in [7, 11) is 1.78. The number of hydrogen-bond acceptors (Lipinski definition) is 3. The van der Waals surface area contributed by atoms with Crippen molar-refractivity contribution in [1.29, 1.82) is 0 Å². The molecular formula is C14H21NO2. The van der Waals surface area contributed by atoms with Gasteiger partial charge in [-0.05, 0) is 37.8 Å². The molecule has 2 atom stereocenters. The Kier molecular flexibility index (Phi) is 3.89. The van der Waals surface area contributed by atoms with Crippen LogP contribution in [-0.4, -0.2) is 19.3 Å². The van der Waals surface area contributed by atoms with Gasteiger partial charge in [-0.1, -0.05) is 6.07 Å². The predicted octanol–water partition coefficient (Wildman–Crippen LogP) is 2.91. The maximum Gasteiger partial charge on any atom is 0.124 e. The highest BCUT2D eigenvalue weighted by Crippen LogP contribution is 2.28. The first-order valence-electron chi connectivity index (χ1n) is 6.24. The second-order valence-corrected chi connectivity index (χ2v) is 4.79. The number of ether oxygens (including phenoxy) is 2. The van der Waals surface area contributed by atoms with Gasteiger partial charge in [0, 0.05) is 25.3 Å². The molecule has 2 N–H and O–H groups in total. The Labute approximate surface area is 103 Å². The number of aryl methyl sites for hydroxylation is 1. The molecule has 0 aliphatic heterocycles. The van der Waals surface area contributed by atoms with Crippen LogP contribution < -0.4 is 10.5 Å². The lowest BCUT2D eigenvalue weighted by atomic mass is 9.95. The quantitative estimate of drug-likeness (QED) is 0.819. The zero-order chi connectivity index (χ0) is 12.3. The minimum Gasteiger partial charge on any atom is -0.490 e. The monoisotopic (exact) mass is 235 g/mol. The number of nitrogen functional groups attached to an aromatic ring is 1. The van der Waals surface area contributed by atoms with Gasteiger partial charge in [-0.2, -0.15) is 0 Å². The Bertz CT molecular complexity index is 378. The van der Waals surface area contributed by atoms with E-state index in [1.807, 2.05) is 25.1 Å². The lowest BCUT2D eigenvalue weighted by Gasteiger charge is -2.29. The van der Waals surface area contributed by atoms with Gasteiger partial charge in [0.1, 0.15) is 11.9 Å². The van der Waals surface area contributed by atoms with Crippen molar-refractivity contribution in [2.24, 2.45) is 0 Å². The van der Waals surface area contributed by atoms with Gasteiger partial charge in [0.2, 0.25) is 0 Å². The normalized spacial score (nSPS) is 24.6. The summed E-state index contributed by atoms with van der Waals surface area (Å²) in [6.45, 7) is 2.05. The van der Waals surface area contributed by atoms with Gasteiger partial charge in [-0.25, -0.2) is 0 Å². The van der Waals surface area contributed by atoms with E-state index in [4.69, 9.17) is 15.2 Å². The van der Waals surface area contributed by atoms with E-state index in [0.717, 1.165) is 36.3 Å². The maximum atomic E-state index is 6.04.